The topological polar surface area (TPSA) is 174 Å². The largest absolute Gasteiger partial charge is 0.495 e. The number of anilines is 1. The normalized spacial score (nSPS) is 29.2. The van der Waals surface area contributed by atoms with E-state index in [-0.39, 0.29) is 40.7 Å². The fourth-order valence-electron chi connectivity index (χ4n) is 7.70. The van der Waals surface area contributed by atoms with E-state index in [0.29, 0.717) is 30.7 Å². The zero-order valence-corrected chi connectivity index (χ0v) is 38.5. The van der Waals surface area contributed by atoms with Crippen LogP contribution in [0.25, 0.3) is 0 Å². The van der Waals surface area contributed by atoms with Crippen molar-refractivity contribution in [1.29, 1.82) is 0 Å². The van der Waals surface area contributed by atoms with Crippen molar-refractivity contribution in [2.24, 2.45) is 5.92 Å². The van der Waals surface area contributed by atoms with Gasteiger partial charge in [-0.25, -0.2) is 9.59 Å². The molecule has 16 heteroatoms. The van der Waals surface area contributed by atoms with Crippen LogP contribution in [0.15, 0.2) is 35.9 Å². The number of nitrogens with one attached hydrogen (secondary N) is 1. The van der Waals surface area contributed by atoms with Crippen LogP contribution in [0.3, 0.4) is 0 Å². The van der Waals surface area contributed by atoms with Gasteiger partial charge in [-0.2, -0.15) is 11.8 Å². The van der Waals surface area contributed by atoms with E-state index >= 15 is 0 Å². The number of carbonyl (C=O) groups excluding carboxylic acids is 5. The summed E-state index contributed by atoms with van der Waals surface area (Å²) in [4.78, 5) is 68.7. The number of methoxy groups -OCH3 is 2. The van der Waals surface area contributed by atoms with Crippen LogP contribution in [0.1, 0.15) is 99.0 Å². The molecule has 60 heavy (non-hydrogen) atoms. The average molecular weight is 879 g/mol. The Morgan fingerprint density at radius 3 is 2.53 bits per heavy atom. The van der Waals surface area contributed by atoms with E-state index < -0.39 is 65.7 Å². The Bertz CT molecular complexity index is 1820. The minimum Gasteiger partial charge on any atom is -0.495 e. The van der Waals surface area contributed by atoms with Crippen molar-refractivity contribution >= 4 is 58.7 Å². The molecule has 2 N–H and O–H groups in total. The lowest BCUT2D eigenvalue weighted by Crippen LogP contribution is -2.63. The van der Waals surface area contributed by atoms with Gasteiger partial charge in [-0.3, -0.25) is 14.9 Å². The number of nitrogens with zero attached hydrogens (tertiary/aromatic N) is 2. The van der Waals surface area contributed by atoms with E-state index in [4.69, 9.17) is 35.3 Å². The van der Waals surface area contributed by atoms with Gasteiger partial charge in [-0.15, -0.1) is 0 Å². The molecule has 2 fully saturated rings. The number of hydrogen-bond acceptors (Lipinski definition) is 12. The lowest BCUT2D eigenvalue weighted by atomic mass is 9.83. The van der Waals surface area contributed by atoms with E-state index in [1.807, 2.05) is 13.0 Å². The Morgan fingerprint density at radius 2 is 1.88 bits per heavy atom. The van der Waals surface area contributed by atoms with Crippen molar-refractivity contribution in [2.45, 2.75) is 146 Å². The van der Waals surface area contributed by atoms with Crippen molar-refractivity contribution < 1.29 is 52.8 Å². The highest BCUT2D eigenvalue weighted by atomic mass is 35.5. The summed E-state index contributed by atoms with van der Waals surface area (Å²) in [6.45, 7) is 12.8. The summed E-state index contributed by atoms with van der Waals surface area (Å²) in [7, 11) is 6.05. The molecule has 4 rings (SSSR count). The third kappa shape index (κ3) is 12.3. The number of halogens is 1. The van der Waals surface area contributed by atoms with Crippen molar-refractivity contribution in [3.05, 3.63) is 46.5 Å². The molecule has 2 saturated heterocycles. The maximum atomic E-state index is 14.3. The molecular weight excluding hydrogens is 814 g/mol. The number of fused-ring (bicyclic) bond motifs is 5. The summed E-state index contributed by atoms with van der Waals surface area (Å²) >= 11 is 8.55. The van der Waals surface area contributed by atoms with Crippen LogP contribution < -0.4 is 15.0 Å². The highest BCUT2D eigenvalue weighted by Crippen LogP contribution is 2.49. The number of Topliss-reactive ketones (excluding diaryl/α,β-unsaturated/α-hetero) is 1. The van der Waals surface area contributed by atoms with Gasteiger partial charge in [0.1, 0.15) is 46.5 Å². The maximum absolute atomic E-state index is 14.3. The molecule has 14 nitrogen and oxygen atoms in total. The second kappa shape index (κ2) is 20.5. The van der Waals surface area contributed by atoms with Crippen LogP contribution in [0.4, 0.5) is 10.5 Å². The minimum absolute atomic E-state index is 0.0588. The Balaban J connectivity index is 1.62. The van der Waals surface area contributed by atoms with Crippen LogP contribution >= 0.6 is 23.4 Å². The van der Waals surface area contributed by atoms with Gasteiger partial charge < -0.3 is 43.4 Å². The van der Waals surface area contributed by atoms with E-state index in [1.165, 1.54) is 24.0 Å². The number of hydrogen-bond donors (Lipinski definition) is 2. The van der Waals surface area contributed by atoms with Gasteiger partial charge in [-0.05, 0) is 76.8 Å². The number of esters is 1. The quantitative estimate of drug-likeness (QED) is 0.117. The number of ketones is 1. The molecule has 4 bridgehead atoms. The Morgan fingerprint density at radius 1 is 1.18 bits per heavy atom. The molecule has 0 spiro atoms. The molecular formula is C44H64ClN3O11S. The molecule has 3 aliphatic rings. The summed E-state index contributed by atoms with van der Waals surface area (Å²) in [5.41, 5.74) is -0.959. The Hall–Kier alpha value is -3.63. The Labute approximate surface area is 364 Å². The first-order valence-corrected chi connectivity index (χ1v) is 21.9. The van der Waals surface area contributed by atoms with Crippen molar-refractivity contribution in [1.82, 2.24) is 10.2 Å². The monoisotopic (exact) mass is 877 g/mol. The number of benzene rings is 1. The lowest BCUT2D eigenvalue weighted by Gasteiger charge is -2.42. The third-order valence-corrected chi connectivity index (χ3v) is 13.7. The zero-order valence-electron chi connectivity index (χ0n) is 36.9. The number of rotatable bonds is 14. The van der Waals surface area contributed by atoms with E-state index in [9.17, 15) is 29.1 Å². The fourth-order valence-corrected chi connectivity index (χ4v) is 9.16. The number of epoxide rings is 1. The van der Waals surface area contributed by atoms with Crippen LogP contribution in [-0.4, -0.2) is 120 Å². The first-order valence-electron chi connectivity index (χ1n) is 20.5. The van der Waals surface area contributed by atoms with Crippen molar-refractivity contribution in [2.75, 3.05) is 39.0 Å². The maximum Gasteiger partial charge on any atom is 0.409 e. The minimum atomic E-state index is -1.84. The molecule has 3 heterocycles. The first kappa shape index (κ1) is 49.0. The molecule has 1 aromatic carbocycles. The Kier molecular flexibility index (Phi) is 16.7. The van der Waals surface area contributed by atoms with Crippen LogP contribution in [-0.2, 0) is 44.5 Å². The van der Waals surface area contributed by atoms with E-state index in [1.54, 1.807) is 77.8 Å². The molecule has 0 unspecified atom stereocenters. The van der Waals surface area contributed by atoms with Gasteiger partial charge in [0.15, 0.2) is 5.72 Å². The van der Waals surface area contributed by atoms with Gasteiger partial charge >= 0.3 is 12.1 Å². The SMILES string of the molecule is COc1cc2cc(c1Cl)N(C)C(=O)C[C@H](OC(=O)[C@H](C)N(C)C(=O)CCC(C)(C)SCCCCC(C)=O)[C@]1(C)O[C@H]1[C@H](C)[C@@H]1C[C@@](O)(NC(=O)O1)[C@H](OC)/C=C/C=C(\C)C2. The second-order valence-electron chi connectivity index (χ2n) is 17.2. The average Bonchev–Trinajstić information content (AvgIpc) is 3.88. The smallest absolute Gasteiger partial charge is 0.409 e. The van der Waals surface area contributed by atoms with Crippen molar-refractivity contribution in [3.63, 3.8) is 0 Å². The van der Waals surface area contributed by atoms with Gasteiger partial charge in [0, 0.05) is 51.1 Å². The number of amides is 3. The zero-order chi connectivity index (χ0) is 44.7. The highest BCUT2D eigenvalue weighted by molar-refractivity contribution is 8.00. The molecule has 0 aromatic heterocycles. The molecule has 3 aliphatic heterocycles. The third-order valence-electron chi connectivity index (χ3n) is 11.9. The van der Waals surface area contributed by atoms with E-state index in [0.717, 1.165) is 29.7 Å². The number of likely N-dealkylation sites (N-methyl/N-ethyl adjacent to an activating group) is 1. The standard InChI is InChI=1S/C44H64ClN3O11S/c1-26-15-14-17-34(56-11)44(54)25-33(57-41(53)46-44)28(3)39-43(7,59-39)35(24-37(51)48(9)31-22-30(21-26)23-32(55-10)38(31)45)58-40(52)29(4)47(8)36(50)18-19-42(5,6)60-20-13-12-16-27(2)49/h14-15,17,22-23,28-29,33-35,39,54H,12-13,16,18-21,24-25H2,1-11H3,(H,46,53)/b17-14+,26-15+/t28-,29+,33+,34-,35+,39+,43+,44+/m1/s1. The summed E-state index contributed by atoms with van der Waals surface area (Å²) in [5.74, 6) is -0.527. The molecule has 334 valence electrons. The summed E-state index contributed by atoms with van der Waals surface area (Å²) in [6.07, 6.45) is 3.94. The van der Waals surface area contributed by atoms with Crippen LogP contribution in [0.2, 0.25) is 5.02 Å². The van der Waals surface area contributed by atoms with Crippen LogP contribution in [0.5, 0.6) is 5.75 Å². The number of ether oxygens (including phenoxy) is 5. The highest BCUT2D eigenvalue weighted by Gasteiger charge is 2.64. The number of allylic oxidation sites excluding steroid dienone is 3. The van der Waals surface area contributed by atoms with E-state index in [2.05, 4.69) is 19.2 Å². The molecule has 0 aliphatic carbocycles. The predicted octanol–water partition coefficient (Wildman–Crippen LogP) is 6.57. The lowest BCUT2D eigenvalue weighted by molar-refractivity contribution is -0.162. The number of unbranched alkanes of at least 4 members (excludes halogenated alkanes) is 1. The number of aliphatic hydroxyl groups is 1. The second-order valence-corrected chi connectivity index (χ2v) is 19.4. The fraction of sp³-hybridized carbons (Fsp3) is 0.659. The summed E-state index contributed by atoms with van der Waals surface area (Å²) in [6, 6.07) is 2.58. The first-order chi connectivity index (χ1) is 28.0. The number of carbonyl (C=O) groups is 5. The molecule has 0 radical (unpaired) electrons. The number of thioether (sulfide) groups is 1. The van der Waals surface area contributed by atoms with Gasteiger partial charge in [0.05, 0.1) is 25.3 Å². The van der Waals surface area contributed by atoms with Gasteiger partial charge in [-0.1, -0.05) is 56.2 Å². The van der Waals surface area contributed by atoms with Gasteiger partial charge in [0.2, 0.25) is 11.8 Å². The number of alkyl carbamates (subject to hydrolysis) is 1. The van der Waals surface area contributed by atoms with Gasteiger partial charge in [0.25, 0.3) is 0 Å². The summed E-state index contributed by atoms with van der Waals surface area (Å²) < 4.78 is 29.2. The summed E-state index contributed by atoms with van der Waals surface area (Å²) in [5, 5.41) is 14.5. The van der Waals surface area contributed by atoms with Crippen LogP contribution in [0, 0.1) is 5.92 Å². The molecule has 1 aromatic rings. The molecule has 0 saturated carbocycles. The predicted molar refractivity (Wildman–Crippen MR) is 231 cm³/mol. The molecule has 8 atom stereocenters. The van der Waals surface area contributed by atoms with Crippen molar-refractivity contribution in [3.8, 4) is 5.75 Å². The molecule has 3 amide bonds.